The van der Waals surface area contributed by atoms with Gasteiger partial charge in [-0.25, -0.2) is 4.48 Å². The average Bonchev–Trinajstić information content (AvgIpc) is 2.04. The third-order valence-corrected chi connectivity index (χ3v) is 2.51. The number of hydrogen-bond acceptors (Lipinski definition) is 2. The van der Waals surface area contributed by atoms with Gasteiger partial charge in [0.25, 0.3) is 0 Å². The largest absolute Gasteiger partial charge is 0.515 e. The molecular weight excluding hydrogens is 166 g/mol. The van der Waals surface area contributed by atoms with Crippen molar-refractivity contribution in [3.05, 3.63) is 0 Å². The summed E-state index contributed by atoms with van der Waals surface area (Å²) in [7, 11) is 3.71. The minimum absolute atomic E-state index is 0.00329. The van der Waals surface area contributed by atoms with E-state index in [-0.39, 0.29) is 16.7 Å². The Morgan fingerprint density at radius 3 is 2.08 bits per heavy atom. The minimum atomic E-state index is -0.149. The smallest absolute Gasteiger partial charge is 0.417 e. The minimum Gasteiger partial charge on any atom is -0.417 e. The van der Waals surface area contributed by atoms with Gasteiger partial charge in [0, 0.05) is 0 Å². The fourth-order valence-electron chi connectivity index (χ4n) is 0.567. The zero-order valence-electron chi connectivity index (χ0n) is 9.63. The normalized spacial score (nSPS) is 14.4. The standard InChI is InChI=1S/C10H22NO2/c1-7-11(5,6)10(12)13-9(4)8(2)3/h8-9H,7H2,1-6H3/q+1. The SMILES string of the molecule is CC[N+](C)(C)C(=O)OC(C)C(C)C. The summed E-state index contributed by atoms with van der Waals surface area (Å²) in [5.41, 5.74) is 0. The lowest BCUT2D eigenvalue weighted by molar-refractivity contribution is -0.815. The number of ether oxygens (including phenoxy) is 1. The first kappa shape index (κ1) is 12.4. The second-order valence-electron chi connectivity index (χ2n) is 4.33. The molecule has 1 atom stereocenters. The van der Waals surface area contributed by atoms with E-state index < -0.39 is 0 Å². The van der Waals surface area contributed by atoms with Crippen molar-refractivity contribution in [2.24, 2.45) is 5.92 Å². The second kappa shape index (κ2) is 4.61. The summed E-state index contributed by atoms with van der Waals surface area (Å²) in [6.45, 7) is 8.75. The molecule has 3 nitrogen and oxygen atoms in total. The molecule has 0 saturated carbocycles. The molecule has 0 saturated heterocycles. The van der Waals surface area contributed by atoms with Gasteiger partial charge in [0.1, 0.15) is 6.10 Å². The van der Waals surface area contributed by atoms with Gasteiger partial charge in [-0.1, -0.05) is 13.8 Å². The molecule has 0 aromatic carbocycles. The van der Waals surface area contributed by atoms with Crippen LogP contribution in [0.25, 0.3) is 0 Å². The van der Waals surface area contributed by atoms with Gasteiger partial charge < -0.3 is 4.74 Å². The Morgan fingerprint density at radius 2 is 1.77 bits per heavy atom. The molecule has 1 amide bonds. The average molecular weight is 188 g/mol. The van der Waals surface area contributed by atoms with Crippen LogP contribution in [0.2, 0.25) is 0 Å². The van der Waals surface area contributed by atoms with Crippen molar-refractivity contribution in [2.75, 3.05) is 20.6 Å². The predicted molar refractivity (Wildman–Crippen MR) is 53.4 cm³/mol. The van der Waals surface area contributed by atoms with Crippen LogP contribution in [0.1, 0.15) is 27.7 Å². The Balaban J connectivity index is 4.15. The lowest BCUT2D eigenvalue weighted by Crippen LogP contribution is -2.47. The highest BCUT2D eigenvalue weighted by atomic mass is 16.6. The zero-order valence-corrected chi connectivity index (χ0v) is 9.63. The summed E-state index contributed by atoms with van der Waals surface area (Å²) in [6, 6.07) is 0. The second-order valence-corrected chi connectivity index (χ2v) is 4.33. The quantitative estimate of drug-likeness (QED) is 0.635. The van der Waals surface area contributed by atoms with Gasteiger partial charge in [-0.05, 0) is 19.8 Å². The van der Waals surface area contributed by atoms with Crippen LogP contribution in [0.3, 0.4) is 0 Å². The van der Waals surface area contributed by atoms with Gasteiger partial charge in [-0.3, -0.25) is 0 Å². The van der Waals surface area contributed by atoms with Crippen LogP contribution in [0, 0.1) is 5.92 Å². The van der Waals surface area contributed by atoms with Gasteiger partial charge in [0.2, 0.25) is 0 Å². The van der Waals surface area contributed by atoms with Crippen molar-refractivity contribution in [2.45, 2.75) is 33.8 Å². The number of carbonyl (C=O) groups excluding carboxylic acids is 1. The molecular formula is C10H22NO2+. The summed E-state index contributed by atoms with van der Waals surface area (Å²) in [5, 5.41) is 0. The molecule has 0 N–H and O–H groups in total. The third kappa shape index (κ3) is 3.77. The van der Waals surface area contributed by atoms with E-state index in [0.29, 0.717) is 5.92 Å². The molecule has 3 heteroatoms. The number of nitrogens with zero attached hydrogens (tertiary/aromatic N) is 1. The van der Waals surface area contributed by atoms with Crippen molar-refractivity contribution in [3.63, 3.8) is 0 Å². The predicted octanol–water partition coefficient (Wildman–Crippen LogP) is 2.26. The maximum atomic E-state index is 11.6. The van der Waals surface area contributed by atoms with E-state index in [1.165, 1.54) is 0 Å². The molecule has 0 spiro atoms. The number of carbonyl (C=O) groups is 1. The molecule has 0 rings (SSSR count). The van der Waals surface area contributed by atoms with Crippen LogP contribution >= 0.6 is 0 Å². The molecule has 0 aromatic rings. The molecule has 13 heavy (non-hydrogen) atoms. The summed E-state index contributed by atoms with van der Waals surface area (Å²) < 4.78 is 5.59. The molecule has 0 radical (unpaired) electrons. The van der Waals surface area contributed by atoms with E-state index in [9.17, 15) is 4.79 Å². The maximum absolute atomic E-state index is 11.6. The first-order valence-electron chi connectivity index (χ1n) is 4.85. The van der Waals surface area contributed by atoms with Crippen LogP contribution < -0.4 is 0 Å². The van der Waals surface area contributed by atoms with Crippen LogP contribution in [0.4, 0.5) is 4.79 Å². The first-order valence-corrected chi connectivity index (χ1v) is 4.85. The van der Waals surface area contributed by atoms with Gasteiger partial charge in [-0.15, -0.1) is 0 Å². The highest BCUT2D eigenvalue weighted by Gasteiger charge is 2.28. The fourth-order valence-corrected chi connectivity index (χ4v) is 0.567. The monoisotopic (exact) mass is 188 g/mol. The maximum Gasteiger partial charge on any atom is 0.515 e. The van der Waals surface area contributed by atoms with E-state index in [0.717, 1.165) is 6.54 Å². The molecule has 0 aliphatic rings. The van der Waals surface area contributed by atoms with Crippen LogP contribution in [-0.2, 0) is 4.74 Å². The van der Waals surface area contributed by atoms with Crippen molar-refractivity contribution < 1.29 is 14.0 Å². The lowest BCUT2D eigenvalue weighted by Gasteiger charge is -2.26. The highest BCUT2D eigenvalue weighted by Crippen LogP contribution is 2.10. The Labute approximate surface area is 81.3 Å². The van der Waals surface area contributed by atoms with E-state index in [4.69, 9.17) is 4.74 Å². The Bertz CT molecular complexity index is 176. The number of amides is 1. The molecule has 0 fully saturated rings. The Kier molecular flexibility index (Phi) is 4.40. The van der Waals surface area contributed by atoms with E-state index in [1.807, 2.05) is 41.8 Å². The van der Waals surface area contributed by atoms with Crippen LogP contribution in [-0.4, -0.2) is 37.3 Å². The number of quaternary nitrogens is 1. The topological polar surface area (TPSA) is 26.3 Å². The summed E-state index contributed by atoms with van der Waals surface area (Å²) in [6.07, 6.45) is -0.153. The molecule has 78 valence electrons. The summed E-state index contributed by atoms with van der Waals surface area (Å²) in [5.74, 6) is 0.376. The molecule has 0 bridgehead atoms. The Morgan fingerprint density at radius 1 is 1.31 bits per heavy atom. The van der Waals surface area contributed by atoms with E-state index in [1.54, 1.807) is 0 Å². The van der Waals surface area contributed by atoms with Gasteiger partial charge >= 0.3 is 6.09 Å². The van der Waals surface area contributed by atoms with E-state index in [2.05, 4.69) is 0 Å². The third-order valence-electron chi connectivity index (χ3n) is 2.51. The van der Waals surface area contributed by atoms with Gasteiger partial charge in [0.05, 0.1) is 20.6 Å². The highest BCUT2D eigenvalue weighted by molar-refractivity contribution is 5.59. The molecule has 0 aromatic heterocycles. The number of hydrogen-bond donors (Lipinski definition) is 0. The zero-order chi connectivity index (χ0) is 10.6. The molecule has 0 aliphatic heterocycles. The van der Waals surface area contributed by atoms with Gasteiger partial charge in [0.15, 0.2) is 0 Å². The first-order chi connectivity index (χ1) is 5.81. The lowest BCUT2D eigenvalue weighted by atomic mass is 10.1. The molecule has 0 heterocycles. The molecule has 1 unspecified atom stereocenters. The fraction of sp³-hybridized carbons (Fsp3) is 0.900. The van der Waals surface area contributed by atoms with Crippen molar-refractivity contribution >= 4 is 6.09 Å². The van der Waals surface area contributed by atoms with Crippen molar-refractivity contribution in [1.82, 2.24) is 0 Å². The molecule has 0 aliphatic carbocycles. The van der Waals surface area contributed by atoms with E-state index >= 15 is 0 Å². The van der Waals surface area contributed by atoms with Crippen molar-refractivity contribution in [3.8, 4) is 0 Å². The van der Waals surface area contributed by atoms with Crippen molar-refractivity contribution in [1.29, 1.82) is 0 Å². The summed E-state index contributed by atoms with van der Waals surface area (Å²) >= 11 is 0. The Hall–Kier alpha value is -0.570. The summed E-state index contributed by atoms with van der Waals surface area (Å²) in [4.78, 5) is 11.6. The van der Waals surface area contributed by atoms with Crippen LogP contribution in [0.15, 0.2) is 0 Å². The van der Waals surface area contributed by atoms with Gasteiger partial charge in [-0.2, -0.15) is 4.79 Å². The number of rotatable bonds is 3. The van der Waals surface area contributed by atoms with Crippen LogP contribution in [0.5, 0.6) is 0 Å².